The summed E-state index contributed by atoms with van der Waals surface area (Å²) in [6.07, 6.45) is 1.77. The molecule has 0 aliphatic carbocycles. The van der Waals surface area contributed by atoms with Gasteiger partial charge in [0.25, 0.3) is 0 Å². The highest BCUT2D eigenvalue weighted by atomic mass is 35.5. The summed E-state index contributed by atoms with van der Waals surface area (Å²) in [6, 6.07) is 9.13. The fourth-order valence-electron chi connectivity index (χ4n) is 1.64. The molecule has 0 fully saturated rings. The Hall–Kier alpha value is -1.81. The Morgan fingerprint density at radius 2 is 1.95 bits per heavy atom. The van der Waals surface area contributed by atoms with Crippen LogP contribution in [0.5, 0.6) is 5.88 Å². The summed E-state index contributed by atoms with van der Waals surface area (Å²) in [6.45, 7) is 2.50. The number of ether oxygens (including phenoxy) is 1. The van der Waals surface area contributed by atoms with E-state index in [2.05, 4.69) is 16.9 Å². The first-order valence-electron chi connectivity index (χ1n) is 6.18. The number of aryl methyl sites for hydroxylation is 1. The third-order valence-corrected chi connectivity index (χ3v) is 2.79. The molecule has 2 aromatic rings. The molecule has 2 N–H and O–H groups in total. The molecule has 100 valence electrons. The van der Waals surface area contributed by atoms with Crippen molar-refractivity contribution in [2.75, 3.05) is 5.73 Å². The highest BCUT2D eigenvalue weighted by molar-refractivity contribution is 6.30. The molecule has 0 aliphatic heterocycles. The maximum absolute atomic E-state index is 5.83. The lowest BCUT2D eigenvalue weighted by molar-refractivity contribution is 0.292. The van der Waals surface area contributed by atoms with Crippen LogP contribution >= 0.6 is 11.6 Å². The maximum Gasteiger partial charge on any atom is 0.219 e. The summed E-state index contributed by atoms with van der Waals surface area (Å²) in [5.41, 5.74) is 6.76. The Morgan fingerprint density at radius 1 is 1.21 bits per heavy atom. The van der Waals surface area contributed by atoms with Gasteiger partial charge in [-0.15, -0.1) is 0 Å². The number of halogens is 1. The van der Waals surface area contributed by atoms with Crippen molar-refractivity contribution in [2.45, 2.75) is 26.4 Å². The van der Waals surface area contributed by atoms with Crippen molar-refractivity contribution in [3.63, 3.8) is 0 Å². The van der Waals surface area contributed by atoms with Crippen LogP contribution in [0.2, 0.25) is 5.02 Å². The third-order valence-electron chi connectivity index (χ3n) is 2.54. The number of aromatic nitrogens is 2. The molecular formula is C14H16ClN3O. The molecular weight excluding hydrogens is 262 g/mol. The normalized spacial score (nSPS) is 10.4. The molecule has 1 aromatic carbocycles. The number of nitrogens with zero attached hydrogens (tertiary/aromatic N) is 2. The van der Waals surface area contributed by atoms with Crippen LogP contribution in [0.15, 0.2) is 30.3 Å². The lowest BCUT2D eigenvalue weighted by Gasteiger charge is -2.07. The number of anilines is 1. The molecule has 0 aliphatic rings. The summed E-state index contributed by atoms with van der Waals surface area (Å²) in [5, 5.41) is 0.709. The average molecular weight is 278 g/mol. The van der Waals surface area contributed by atoms with E-state index >= 15 is 0 Å². The summed E-state index contributed by atoms with van der Waals surface area (Å²) >= 11 is 5.83. The summed E-state index contributed by atoms with van der Waals surface area (Å²) in [5.74, 6) is 1.66. The molecule has 4 nitrogen and oxygen atoms in total. The molecule has 5 heteroatoms. The minimum absolute atomic E-state index is 0.430. The van der Waals surface area contributed by atoms with Crippen LogP contribution in [-0.2, 0) is 13.0 Å². The highest BCUT2D eigenvalue weighted by Gasteiger charge is 2.03. The Morgan fingerprint density at radius 3 is 2.63 bits per heavy atom. The standard InChI is InChI=1S/C14H16ClN3O/c1-2-3-13-17-12(16)8-14(18-13)19-9-10-4-6-11(15)7-5-10/h4-8H,2-3,9H2,1H3,(H2,16,17,18). The molecule has 0 spiro atoms. The predicted molar refractivity (Wildman–Crippen MR) is 76.2 cm³/mol. The first kappa shape index (κ1) is 13.6. The van der Waals surface area contributed by atoms with Gasteiger partial charge in [0, 0.05) is 17.5 Å². The van der Waals surface area contributed by atoms with E-state index in [4.69, 9.17) is 22.1 Å². The lowest BCUT2D eigenvalue weighted by atomic mass is 10.2. The van der Waals surface area contributed by atoms with Gasteiger partial charge in [-0.05, 0) is 24.1 Å². The lowest BCUT2D eigenvalue weighted by Crippen LogP contribution is -2.04. The molecule has 0 atom stereocenters. The van der Waals surface area contributed by atoms with Gasteiger partial charge in [0.15, 0.2) is 0 Å². The van der Waals surface area contributed by atoms with Crippen molar-refractivity contribution in [3.05, 3.63) is 46.7 Å². The molecule has 19 heavy (non-hydrogen) atoms. The summed E-state index contributed by atoms with van der Waals surface area (Å²) < 4.78 is 5.63. The van der Waals surface area contributed by atoms with Gasteiger partial charge in [-0.1, -0.05) is 30.7 Å². The van der Waals surface area contributed by atoms with Crippen LogP contribution in [0.3, 0.4) is 0 Å². The van der Waals surface area contributed by atoms with Gasteiger partial charge in [0.05, 0.1) is 0 Å². The fraction of sp³-hybridized carbons (Fsp3) is 0.286. The van der Waals surface area contributed by atoms with E-state index < -0.39 is 0 Å². The van der Waals surface area contributed by atoms with Crippen molar-refractivity contribution >= 4 is 17.4 Å². The Labute approximate surface area is 117 Å². The first-order valence-corrected chi connectivity index (χ1v) is 6.56. The van der Waals surface area contributed by atoms with E-state index in [0.29, 0.717) is 29.2 Å². The van der Waals surface area contributed by atoms with Crippen molar-refractivity contribution in [1.29, 1.82) is 0 Å². The minimum Gasteiger partial charge on any atom is -0.473 e. The Kier molecular flexibility index (Phi) is 4.58. The zero-order valence-electron chi connectivity index (χ0n) is 10.8. The summed E-state index contributed by atoms with van der Waals surface area (Å²) in [4.78, 5) is 8.48. The SMILES string of the molecule is CCCc1nc(N)cc(OCc2ccc(Cl)cc2)n1. The second-order valence-electron chi connectivity index (χ2n) is 4.21. The van der Waals surface area contributed by atoms with Gasteiger partial charge in [-0.25, -0.2) is 4.98 Å². The van der Waals surface area contributed by atoms with Crippen LogP contribution in [0, 0.1) is 0 Å². The number of nitrogens with two attached hydrogens (primary N) is 1. The molecule has 0 radical (unpaired) electrons. The van der Waals surface area contributed by atoms with Crippen LogP contribution in [0.4, 0.5) is 5.82 Å². The van der Waals surface area contributed by atoms with Gasteiger partial charge >= 0.3 is 0 Å². The van der Waals surface area contributed by atoms with Crippen molar-refractivity contribution in [2.24, 2.45) is 0 Å². The van der Waals surface area contributed by atoms with Crippen LogP contribution in [-0.4, -0.2) is 9.97 Å². The largest absolute Gasteiger partial charge is 0.473 e. The molecule has 1 heterocycles. The number of rotatable bonds is 5. The molecule has 0 saturated carbocycles. The van der Waals surface area contributed by atoms with E-state index in [1.807, 2.05) is 24.3 Å². The smallest absolute Gasteiger partial charge is 0.219 e. The maximum atomic E-state index is 5.83. The topological polar surface area (TPSA) is 61.0 Å². The molecule has 0 bridgehead atoms. The van der Waals surface area contributed by atoms with E-state index in [1.165, 1.54) is 0 Å². The summed E-state index contributed by atoms with van der Waals surface area (Å²) in [7, 11) is 0. The average Bonchev–Trinajstić information content (AvgIpc) is 2.38. The van der Waals surface area contributed by atoms with Gasteiger partial charge < -0.3 is 10.5 Å². The van der Waals surface area contributed by atoms with Crippen molar-refractivity contribution in [1.82, 2.24) is 9.97 Å². The van der Waals surface area contributed by atoms with E-state index in [-0.39, 0.29) is 0 Å². The van der Waals surface area contributed by atoms with E-state index in [9.17, 15) is 0 Å². The van der Waals surface area contributed by atoms with Crippen molar-refractivity contribution in [3.8, 4) is 5.88 Å². The zero-order valence-corrected chi connectivity index (χ0v) is 11.5. The quantitative estimate of drug-likeness (QED) is 0.911. The van der Waals surface area contributed by atoms with Crippen LogP contribution in [0.25, 0.3) is 0 Å². The fourth-order valence-corrected chi connectivity index (χ4v) is 1.77. The predicted octanol–water partition coefficient (Wildman–Crippen LogP) is 3.24. The number of hydrogen-bond donors (Lipinski definition) is 1. The Balaban J connectivity index is 2.04. The van der Waals surface area contributed by atoms with Crippen LogP contribution in [0.1, 0.15) is 24.7 Å². The Bertz CT molecular complexity index is 543. The zero-order chi connectivity index (χ0) is 13.7. The van der Waals surface area contributed by atoms with Gasteiger partial charge in [-0.3, -0.25) is 0 Å². The molecule has 0 amide bonds. The molecule has 2 rings (SSSR count). The second-order valence-corrected chi connectivity index (χ2v) is 4.65. The molecule has 0 unspecified atom stereocenters. The van der Waals surface area contributed by atoms with Gasteiger partial charge in [0.1, 0.15) is 18.2 Å². The molecule has 1 aromatic heterocycles. The third kappa shape index (κ3) is 4.10. The van der Waals surface area contributed by atoms with Gasteiger partial charge in [-0.2, -0.15) is 4.98 Å². The van der Waals surface area contributed by atoms with Crippen LogP contribution < -0.4 is 10.5 Å². The number of nitrogen functional groups attached to an aromatic ring is 1. The van der Waals surface area contributed by atoms with E-state index in [1.54, 1.807) is 6.07 Å². The minimum atomic E-state index is 0.430. The monoisotopic (exact) mass is 277 g/mol. The number of benzene rings is 1. The molecule has 0 saturated heterocycles. The van der Waals surface area contributed by atoms with Gasteiger partial charge in [0.2, 0.25) is 5.88 Å². The second kappa shape index (κ2) is 6.38. The number of hydrogen-bond acceptors (Lipinski definition) is 4. The van der Waals surface area contributed by atoms with Crippen molar-refractivity contribution < 1.29 is 4.74 Å². The first-order chi connectivity index (χ1) is 9.17. The highest BCUT2D eigenvalue weighted by Crippen LogP contribution is 2.15. The van der Waals surface area contributed by atoms with E-state index in [0.717, 1.165) is 18.4 Å².